The molecule has 2 aromatic carbocycles. The number of thiazole rings is 1. The zero-order chi connectivity index (χ0) is 21.6. The molecule has 1 aliphatic heterocycles. The number of rotatable bonds is 7. The minimum Gasteiger partial charge on any atom is -0.352 e. The highest BCUT2D eigenvalue weighted by molar-refractivity contribution is 7.20. The number of aromatic nitrogens is 1. The van der Waals surface area contributed by atoms with E-state index < -0.39 is 0 Å². The van der Waals surface area contributed by atoms with Crippen molar-refractivity contribution in [3.8, 4) is 0 Å². The first-order valence-corrected chi connectivity index (χ1v) is 11.6. The van der Waals surface area contributed by atoms with Gasteiger partial charge in [0.1, 0.15) is 0 Å². The monoisotopic (exact) mass is 433 g/mol. The first-order chi connectivity index (χ1) is 15.2. The minimum atomic E-state index is -0.182. The third-order valence-electron chi connectivity index (χ3n) is 5.90. The van der Waals surface area contributed by atoms with Gasteiger partial charge >= 0.3 is 0 Å². The number of likely N-dealkylation sites (tertiary alicyclic amines) is 1. The van der Waals surface area contributed by atoms with Gasteiger partial charge in [0.15, 0.2) is 5.01 Å². The van der Waals surface area contributed by atoms with Crippen molar-refractivity contribution < 1.29 is 9.59 Å². The van der Waals surface area contributed by atoms with Crippen molar-refractivity contribution in [2.45, 2.75) is 31.7 Å². The second-order valence-corrected chi connectivity index (χ2v) is 8.98. The molecular formula is C25H27N3O2S. The fraction of sp³-hybridized carbons (Fsp3) is 0.320. The average Bonchev–Trinajstić information content (AvgIpc) is 3.26. The Balaban J connectivity index is 1.59. The molecule has 2 amide bonds. The summed E-state index contributed by atoms with van der Waals surface area (Å²) >= 11 is 1.45. The predicted molar refractivity (Wildman–Crippen MR) is 125 cm³/mol. The molecule has 3 aromatic rings. The van der Waals surface area contributed by atoms with Crippen molar-refractivity contribution in [3.63, 3.8) is 0 Å². The lowest BCUT2D eigenvalue weighted by atomic mass is 9.85. The van der Waals surface area contributed by atoms with Crippen LogP contribution >= 0.6 is 11.3 Å². The van der Waals surface area contributed by atoms with Crippen LogP contribution in [0.3, 0.4) is 0 Å². The van der Waals surface area contributed by atoms with E-state index in [0.29, 0.717) is 11.6 Å². The van der Waals surface area contributed by atoms with E-state index in [0.717, 1.165) is 42.4 Å². The van der Waals surface area contributed by atoms with Gasteiger partial charge in [-0.25, -0.2) is 4.98 Å². The maximum atomic E-state index is 13.5. The van der Waals surface area contributed by atoms with E-state index in [1.54, 1.807) is 0 Å². The third-order valence-corrected chi connectivity index (χ3v) is 6.92. The largest absolute Gasteiger partial charge is 0.352 e. The molecule has 160 valence electrons. The molecule has 2 unspecified atom stereocenters. The Kier molecular flexibility index (Phi) is 6.77. The topological polar surface area (TPSA) is 62.3 Å². The quantitative estimate of drug-likeness (QED) is 0.560. The van der Waals surface area contributed by atoms with Crippen LogP contribution in [0.4, 0.5) is 0 Å². The summed E-state index contributed by atoms with van der Waals surface area (Å²) < 4.78 is 1.03. The van der Waals surface area contributed by atoms with Gasteiger partial charge in [0.05, 0.1) is 10.2 Å². The first kappa shape index (κ1) is 21.2. The number of amides is 2. The zero-order valence-corrected chi connectivity index (χ0v) is 18.3. The van der Waals surface area contributed by atoms with E-state index in [9.17, 15) is 9.59 Å². The predicted octanol–water partition coefficient (Wildman–Crippen LogP) is 4.45. The van der Waals surface area contributed by atoms with Crippen LogP contribution in [0.15, 0.2) is 67.3 Å². The number of fused-ring (bicyclic) bond motifs is 1. The molecule has 1 saturated heterocycles. The summed E-state index contributed by atoms with van der Waals surface area (Å²) in [7, 11) is 0. The molecule has 6 heteroatoms. The zero-order valence-electron chi connectivity index (χ0n) is 17.5. The van der Waals surface area contributed by atoms with Gasteiger partial charge in [0.25, 0.3) is 5.91 Å². The second kappa shape index (κ2) is 9.88. The van der Waals surface area contributed by atoms with Crippen LogP contribution in [0.1, 0.15) is 34.6 Å². The molecular weight excluding hydrogens is 406 g/mol. The van der Waals surface area contributed by atoms with E-state index in [4.69, 9.17) is 0 Å². The summed E-state index contributed by atoms with van der Waals surface area (Å²) in [6.45, 7) is 4.79. The van der Waals surface area contributed by atoms with Gasteiger partial charge in [0, 0.05) is 25.0 Å². The van der Waals surface area contributed by atoms with Crippen LogP contribution < -0.4 is 5.32 Å². The lowest BCUT2D eigenvalue weighted by molar-refractivity contribution is -0.116. The van der Waals surface area contributed by atoms with E-state index in [1.807, 2.05) is 47.4 Å². The molecule has 0 bridgehead atoms. The standard InChI is InChI=1S/C25H27N3O2S/c1-2-23(29)26-17-19(16-18-10-4-3-5-11-18)21-13-8-9-15-28(21)25(30)24-27-20-12-6-7-14-22(20)31-24/h2-7,10-12,14,19,21H,1,8-9,13,15-17H2,(H,26,29). The summed E-state index contributed by atoms with van der Waals surface area (Å²) in [5, 5.41) is 3.51. The molecule has 0 aliphatic carbocycles. The number of carbonyl (C=O) groups is 2. The van der Waals surface area contributed by atoms with Gasteiger partial charge in [-0.1, -0.05) is 49.0 Å². The summed E-state index contributed by atoms with van der Waals surface area (Å²) in [6, 6.07) is 18.2. The minimum absolute atomic E-state index is 0.000918. The average molecular weight is 434 g/mol. The highest BCUT2D eigenvalue weighted by Gasteiger charge is 2.34. The van der Waals surface area contributed by atoms with Crippen molar-refractivity contribution in [2.75, 3.05) is 13.1 Å². The Morgan fingerprint density at radius 1 is 1.16 bits per heavy atom. The molecule has 0 radical (unpaired) electrons. The fourth-order valence-electron chi connectivity index (χ4n) is 4.35. The molecule has 1 fully saturated rings. The Labute approximate surface area is 186 Å². The summed E-state index contributed by atoms with van der Waals surface area (Å²) in [4.78, 5) is 32.0. The van der Waals surface area contributed by atoms with Crippen molar-refractivity contribution in [2.24, 2.45) is 5.92 Å². The molecule has 1 N–H and O–H groups in total. The Hall–Kier alpha value is -2.99. The van der Waals surface area contributed by atoms with Gasteiger partial charge in [-0.2, -0.15) is 0 Å². The molecule has 31 heavy (non-hydrogen) atoms. The SMILES string of the molecule is C=CC(=O)NCC(Cc1ccccc1)C1CCCCN1C(=O)c1nc2ccccc2s1. The number of nitrogens with one attached hydrogen (secondary N) is 1. The number of benzene rings is 2. The Bertz CT molecular complexity index is 1030. The van der Waals surface area contributed by atoms with Crippen LogP contribution in [-0.2, 0) is 11.2 Å². The van der Waals surface area contributed by atoms with E-state index in [1.165, 1.54) is 23.0 Å². The number of nitrogens with zero attached hydrogens (tertiary/aromatic N) is 2. The molecule has 1 aromatic heterocycles. The number of carbonyl (C=O) groups excluding carboxylic acids is 2. The van der Waals surface area contributed by atoms with Crippen molar-refractivity contribution in [3.05, 3.63) is 77.8 Å². The fourth-order valence-corrected chi connectivity index (χ4v) is 5.27. The van der Waals surface area contributed by atoms with Crippen molar-refractivity contribution in [1.29, 1.82) is 0 Å². The maximum absolute atomic E-state index is 13.5. The van der Waals surface area contributed by atoms with Crippen molar-refractivity contribution in [1.82, 2.24) is 15.2 Å². The normalized spacial score (nSPS) is 17.3. The lowest BCUT2D eigenvalue weighted by Crippen LogP contribution is -2.50. The molecule has 0 saturated carbocycles. The van der Waals surface area contributed by atoms with Crippen LogP contribution in [0.5, 0.6) is 0 Å². The molecule has 0 spiro atoms. The lowest BCUT2D eigenvalue weighted by Gasteiger charge is -2.40. The Morgan fingerprint density at radius 2 is 1.94 bits per heavy atom. The molecule has 1 aliphatic rings. The van der Waals surface area contributed by atoms with E-state index >= 15 is 0 Å². The van der Waals surface area contributed by atoms with Crippen molar-refractivity contribution >= 4 is 33.4 Å². The highest BCUT2D eigenvalue weighted by Crippen LogP contribution is 2.30. The first-order valence-electron chi connectivity index (χ1n) is 10.8. The van der Waals surface area contributed by atoms with Crippen LogP contribution in [-0.4, -0.2) is 40.8 Å². The number of hydrogen-bond acceptors (Lipinski definition) is 4. The van der Waals surface area contributed by atoms with Crippen LogP contribution in [0, 0.1) is 5.92 Å². The summed E-state index contributed by atoms with van der Waals surface area (Å²) in [6.07, 6.45) is 5.09. The smallest absolute Gasteiger partial charge is 0.283 e. The highest BCUT2D eigenvalue weighted by atomic mass is 32.1. The van der Waals surface area contributed by atoms with E-state index in [-0.39, 0.29) is 23.8 Å². The van der Waals surface area contributed by atoms with Gasteiger partial charge in [-0.3, -0.25) is 9.59 Å². The van der Waals surface area contributed by atoms with Gasteiger partial charge in [-0.05, 0) is 49.5 Å². The molecule has 4 rings (SSSR count). The van der Waals surface area contributed by atoms with Crippen LogP contribution in [0.25, 0.3) is 10.2 Å². The summed E-state index contributed by atoms with van der Waals surface area (Å²) in [5.74, 6) is -0.0677. The number of para-hydroxylation sites is 1. The number of hydrogen-bond donors (Lipinski definition) is 1. The Morgan fingerprint density at radius 3 is 2.71 bits per heavy atom. The summed E-state index contributed by atoms with van der Waals surface area (Å²) in [5.41, 5.74) is 2.07. The second-order valence-electron chi connectivity index (χ2n) is 7.95. The van der Waals surface area contributed by atoms with E-state index in [2.05, 4.69) is 29.0 Å². The van der Waals surface area contributed by atoms with Gasteiger partial charge < -0.3 is 10.2 Å². The number of piperidine rings is 1. The third kappa shape index (κ3) is 5.02. The molecule has 2 atom stereocenters. The van der Waals surface area contributed by atoms with Crippen LogP contribution in [0.2, 0.25) is 0 Å². The maximum Gasteiger partial charge on any atom is 0.283 e. The van der Waals surface area contributed by atoms with Gasteiger partial charge in [0.2, 0.25) is 5.91 Å². The molecule has 2 heterocycles. The molecule has 5 nitrogen and oxygen atoms in total. The van der Waals surface area contributed by atoms with Gasteiger partial charge in [-0.15, -0.1) is 11.3 Å².